The summed E-state index contributed by atoms with van der Waals surface area (Å²) in [6.07, 6.45) is 1.00. The zero-order chi connectivity index (χ0) is 18.9. The molecule has 1 aliphatic rings. The summed E-state index contributed by atoms with van der Waals surface area (Å²) in [5, 5.41) is 5.43. The van der Waals surface area contributed by atoms with Gasteiger partial charge in [-0.1, -0.05) is 0 Å². The summed E-state index contributed by atoms with van der Waals surface area (Å²) in [7, 11) is 0. The second kappa shape index (κ2) is 9.74. The largest absolute Gasteiger partial charge is 0.450 e. The Morgan fingerprint density at radius 2 is 1.85 bits per heavy atom. The second-order valence-corrected chi connectivity index (χ2v) is 6.03. The van der Waals surface area contributed by atoms with Gasteiger partial charge in [-0.25, -0.2) is 9.18 Å². The Hall–Kier alpha value is -2.64. The van der Waals surface area contributed by atoms with Gasteiger partial charge in [0.15, 0.2) is 0 Å². The Kier molecular flexibility index (Phi) is 7.37. The minimum atomic E-state index is -0.525. The number of alkyl carbamates (subject to hydrolysis) is 1. The molecule has 1 aromatic carbocycles. The van der Waals surface area contributed by atoms with E-state index < -0.39 is 6.09 Å². The first kappa shape index (κ1) is 19.7. The van der Waals surface area contributed by atoms with Gasteiger partial charge in [0.2, 0.25) is 5.91 Å². The number of hydrogen-bond acceptors (Lipinski definition) is 4. The van der Waals surface area contributed by atoms with E-state index in [0.717, 1.165) is 0 Å². The van der Waals surface area contributed by atoms with Gasteiger partial charge in [-0.3, -0.25) is 9.59 Å². The third-order valence-electron chi connectivity index (χ3n) is 4.17. The number of nitrogens with one attached hydrogen (secondary N) is 2. The van der Waals surface area contributed by atoms with Gasteiger partial charge < -0.3 is 20.3 Å². The number of rotatable bonds is 6. The number of carbonyl (C=O) groups is 3. The van der Waals surface area contributed by atoms with Crippen molar-refractivity contribution in [2.45, 2.75) is 32.2 Å². The van der Waals surface area contributed by atoms with E-state index in [1.54, 1.807) is 11.8 Å². The molecular weight excluding hydrogens is 341 g/mol. The molecule has 2 rings (SSSR count). The molecule has 1 aromatic rings. The van der Waals surface area contributed by atoms with E-state index in [1.165, 1.54) is 24.3 Å². The molecule has 0 spiro atoms. The van der Waals surface area contributed by atoms with Crippen molar-refractivity contribution in [1.29, 1.82) is 0 Å². The lowest BCUT2D eigenvalue weighted by molar-refractivity contribution is -0.132. The number of likely N-dealkylation sites (tertiary alicyclic amines) is 1. The van der Waals surface area contributed by atoms with Gasteiger partial charge in [-0.15, -0.1) is 0 Å². The maximum atomic E-state index is 12.9. The van der Waals surface area contributed by atoms with Crippen LogP contribution < -0.4 is 10.6 Å². The van der Waals surface area contributed by atoms with Crippen LogP contribution in [0.25, 0.3) is 0 Å². The molecule has 0 atom stereocenters. The van der Waals surface area contributed by atoms with E-state index in [0.29, 0.717) is 31.5 Å². The molecule has 1 fully saturated rings. The third kappa shape index (κ3) is 6.02. The molecular formula is C18H24FN3O4. The molecule has 142 valence electrons. The molecule has 26 heavy (non-hydrogen) atoms. The Bertz CT molecular complexity index is 628. The molecule has 0 unspecified atom stereocenters. The van der Waals surface area contributed by atoms with E-state index in [9.17, 15) is 18.8 Å². The van der Waals surface area contributed by atoms with Crippen molar-refractivity contribution >= 4 is 17.9 Å². The number of ether oxygens (including phenoxy) is 1. The summed E-state index contributed by atoms with van der Waals surface area (Å²) in [6.45, 7) is 3.33. The molecule has 7 nitrogen and oxygen atoms in total. The minimum Gasteiger partial charge on any atom is -0.450 e. The fourth-order valence-electron chi connectivity index (χ4n) is 2.75. The van der Waals surface area contributed by atoms with Crippen LogP contribution >= 0.6 is 0 Å². The lowest BCUT2D eigenvalue weighted by Gasteiger charge is -2.32. The highest BCUT2D eigenvalue weighted by Gasteiger charge is 2.24. The number of benzene rings is 1. The van der Waals surface area contributed by atoms with E-state index in [-0.39, 0.29) is 43.2 Å². The van der Waals surface area contributed by atoms with Crippen molar-refractivity contribution in [3.05, 3.63) is 35.6 Å². The van der Waals surface area contributed by atoms with Crippen LogP contribution in [0, 0.1) is 5.82 Å². The number of amides is 3. The normalized spacial score (nSPS) is 14.6. The Morgan fingerprint density at radius 1 is 1.19 bits per heavy atom. The van der Waals surface area contributed by atoms with Gasteiger partial charge in [-0.05, 0) is 44.0 Å². The molecule has 2 N–H and O–H groups in total. The SMILES string of the molecule is CCOC(=O)NCCC(=O)N1CCC(NC(=O)c2ccc(F)cc2)CC1. The van der Waals surface area contributed by atoms with Crippen LogP contribution in [-0.4, -0.2) is 55.1 Å². The Labute approximate surface area is 151 Å². The fraction of sp³-hybridized carbons (Fsp3) is 0.500. The lowest BCUT2D eigenvalue weighted by atomic mass is 10.0. The zero-order valence-corrected chi connectivity index (χ0v) is 14.8. The number of nitrogens with zero attached hydrogens (tertiary/aromatic N) is 1. The zero-order valence-electron chi connectivity index (χ0n) is 14.8. The molecule has 0 radical (unpaired) electrons. The van der Waals surface area contributed by atoms with Crippen molar-refractivity contribution in [2.75, 3.05) is 26.2 Å². The number of carbonyl (C=O) groups excluding carboxylic acids is 3. The Morgan fingerprint density at radius 3 is 2.46 bits per heavy atom. The van der Waals surface area contributed by atoms with Crippen molar-refractivity contribution in [3.63, 3.8) is 0 Å². The highest BCUT2D eigenvalue weighted by molar-refractivity contribution is 5.94. The molecule has 1 aliphatic heterocycles. The highest BCUT2D eigenvalue weighted by Crippen LogP contribution is 2.12. The van der Waals surface area contributed by atoms with Crippen LogP contribution in [0.1, 0.15) is 36.5 Å². The second-order valence-electron chi connectivity index (χ2n) is 6.03. The van der Waals surface area contributed by atoms with Gasteiger partial charge >= 0.3 is 6.09 Å². The molecule has 1 saturated heterocycles. The van der Waals surface area contributed by atoms with Gasteiger partial charge in [0.1, 0.15) is 5.82 Å². The summed E-state index contributed by atoms with van der Waals surface area (Å²) in [5.74, 6) is -0.663. The van der Waals surface area contributed by atoms with E-state index in [1.807, 2.05) is 0 Å². The van der Waals surface area contributed by atoms with E-state index >= 15 is 0 Å². The topological polar surface area (TPSA) is 87.7 Å². The van der Waals surface area contributed by atoms with Gasteiger partial charge in [0.25, 0.3) is 5.91 Å². The lowest BCUT2D eigenvalue weighted by Crippen LogP contribution is -2.47. The fourth-order valence-corrected chi connectivity index (χ4v) is 2.75. The van der Waals surface area contributed by atoms with E-state index in [4.69, 9.17) is 4.74 Å². The molecule has 8 heteroatoms. The summed E-state index contributed by atoms with van der Waals surface area (Å²) < 4.78 is 17.6. The Balaban J connectivity index is 1.69. The first-order valence-corrected chi connectivity index (χ1v) is 8.74. The predicted molar refractivity (Wildman–Crippen MR) is 93.1 cm³/mol. The standard InChI is InChI=1S/C18H24FN3O4/c1-2-26-18(25)20-10-7-16(23)22-11-8-15(9-12-22)21-17(24)13-3-5-14(19)6-4-13/h3-6,15H,2,7-12H2,1H3,(H,20,25)(H,21,24). The van der Waals surface area contributed by atoms with Gasteiger partial charge in [0, 0.05) is 37.7 Å². The summed E-state index contributed by atoms with van der Waals surface area (Å²) in [6, 6.07) is 5.37. The quantitative estimate of drug-likeness (QED) is 0.803. The number of piperidine rings is 1. The summed E-state index contributed by atoms with van der Waals surface area (Å²) in [4.78, 5) is 37.2. The first-order valence-electron chi connectivity index (χ1n) is 8.74. The third-order valence-corrected chi connectivity index (χ3v) is 4.17. The van der Waals surface area contributed by atoms with Crippen molar-refractivity contribution < 1.29 is 23.5 Å². The minimum absolute atomic E-state index is 0.0192. The molecule has 0 saturated carbocycles. The predicted octanol–water partition coefficient (Wildman–Crippen LogP) is 1.68. The maximum absolute atomic E-state index is 12.9. The van der Waals surface area contributed by atoms with Crippen LogP contribution in [0.5, 0.6) is 0 Å². The average Bonchev–Trinajstić information content (AvgIpc) is 2.63. The molecule has 3 amide bonds. The molecule has 0 aliphatic carbocycles. The number of hydrogen-bond donors (Lipinski definition) is 2. The summed E-state index contributed by atoms with van der Waals surface area (Å²) in [5.41, 5.74) is 0.412. The molecule has 0 bridgehead atoms. The maximum Gasteiger partial charge on any atom is 0.407 e. The van der Waals surface area contributed by atoms with Crippen LogP contribution in [0.3, 0.4) is 0 Å². The molecule has 0 aromatic heterocycles. The van der Waals surface area contributed by atoms with Crippen LogP contribution in [-0.2, 0) is 9.53 Å². The monoisotopic (exact) mass is 365 g/mol. The average molecular weight is 365 g/mol. The van der Waals surface area contributed by atoms with Crippen molar-refractivity contribution in [1.82, 2.24) is 15.5 Å². The van der Waals surface area contributed by atoms with Crippen LogP contribution in [0.4, 0.5) is 9.18 Å². The van der Waals surface area contributed by atoms with E-state index in [2.05, 4.69) is 10.6 Å². The first-order chi connectivity index (χ1) is 12.5. The summed E-state index contributed by atoms with van der Waals surface area (Å²) >= 11 is 0. The number of halogens is 1. The molecule has 1 heterocycles. The smallest absolute Gasteiger partial charge is 0.407 e. The van der Waals surface area contributed by atoms with Crippen LogP contribution in [0.15, 0.2) is 24.3 Å². The van der Waals surface area contributed by atoms with Crippen molar-refractivity contribution in [3.8, 4) is 0 Å². The van der Waals surface area contributed by atoms with Gasteiger partial charge in [0.05, 0.1) is 6.61 Å². The van der Waals surface area contributed by atoms with Gasteiger partial charge in [-0.2, -0.15) is 0 Å². The van der Waals surface area contributed by atoms with Crippen molar-refractivity contribution in [2.24, 2.45) is 0 Å². The highest BCUT2D eigenvalue weighted by atomic mass is 19.1. The van der Waals surface area contributed by atoms with Crippen LogP contribution in [0.2, 0.25) is 0 Å².